The summed E-state index contributed by atoms with van der Waals surface area (Å²) in [7, 11) is 0. The van der Waals surface area contributed by atoms with Gasteiger partial charge in [0.25, 0.3) is 0 Å². The number of carbonyl (C=O) groups excluding carboxylic acids is 1. The monoisotopic (exact) mass is 300 g/mol. The van der Waals surface area contributed by atoms with Gasteiger partial charge in [-0.3, -0.25) is 0 Å². The van der Waals surface area contributed by atoms with Crippen molar-refractivity contribution >= 4 is 40.6 Å². The number of halogens is 1. The summed E-state index contributed by atoms with van der Waals surface area (Å²) in [6, 6.07) is 7.72. The molecule has 0 heterocycles. The van der Waals surface area contributed by atoms with Crippen molar-refractivity contribution in [3.63, 3.8) is 0 Å². The quantitative estimate of drug-likeness (QED) is 0.524. The molecule has 0 aliphatic rings. The Labute approximate surface area is 109 Å². The summed E-state index contributed by atoms with van der Waals surface area (Å²) in [5.74, 6) is 0.245. The SMILES string of the molecule is C/C(=C\c1ccc(Br)cc1)C(=O)OCCS. The van der Waals surface area contributed by atoms with Crippen LogP contribution in [0.25, 0.3) is 6.08 Å². The van der Waals surface area contributed by atoms with Gasteiger partial charge in [-0.2, -0.15) is 12.6 Å². The third-order valence-electron chi connectivity index (χ3n) is 1.90. The first-order valence-corrected chi connectivity index (χ1v) is 6.28. The van der Waals surface area contributed by atoms with Gasteiger partial charge in [0.05, 0.1) is 0 Å². The molecule has 0 atom stereocenters. The van der Waals surface area contributed by atoms with E-state index in [0.717, 1.165) is 10.0 Å². The summed E-state index contributed by atoms with van der Waals surface area (Å²) in [4.78, 5) is 11.4. The number of hydrogen-bond donors (Lipinski definition) is 1. The van der Waals surface area contributed by atoms with Crippen molar-refractivity contribution in [3.05, 3.63) is 39.9 Å². The zero-order valence-electron chi connectivity index (χ0n) is 8.94. The molecule has 0 aliphatic carbocycles. The van der Waals surface area contributed by atoms with Gasteiger partial charge in [0, 0.05) is 15.8 Å². The normalized spacial score (nSPS) is 11.3. The predicted molar refractivity (Wildman–Crippen MR) is 72.6 cm³/mol. The minimum atomic E-state index is -0.294. The molecule has 2 nitrogen and oxygen atoms in total. The molecule has 4 heteroatoms. The van der Waals surface area contributed by atoms with Crippen molar-refractivity contribution in [2.45, 2.75) is 6.92 Å². The van der Waals surface area contributed by atoms with E-state index in [1.54, 1.807) is 13.0 Å². The maximum Gasteiger partial charge on any atom is 0.333 e. The Hall–Kier alpha value is -0.740. The lowest BCUT2D eigenvalue weighted by atomic mass is 10.1. The molecule has 0 unspecified atom stereocenters. The van der Waals surface area contributed by atoms with E-state index in [1.807, 2.05) is 24.3 Å². The van der Waals surface area contributed by atoms with Gasteiger partial charge in [-0.1, -0.05) is 28.1 Å². The van der Waals surface area contributed by atoms with Gasteiger partial charge in [0.1, 0.15) is 6.61 Å². The van der Waals surface area contributed by atoms with Crippen LogP contribution in [0.2, 0.25) is 0 Å². The van der Waals surface area contributed by atoms with Crippen molar-refractivity contribution < 1.29 is 9.53 Å². The summed E-state index contributed by atoms with van der Waals surface area (Å²) in [6.45, 7) is 2.08. The van der Waals surface area contributed by atoms with E-state index in [1.165, 1.54) is 0 Å². The molecule has 0 aromatic heterocycles. The lowest BCUT2D eigenvalue weighted by Crippen LogP contribution is -2.07. The Kier molecular flexibility index (Phi) is 5.63. The third kappa shape index (κ3) is 4.41. The summed E-state index contributed by atoms with van der Waals surface area (Å²) in [6.07, 6.45) is 1.80. The maximum absolute atomic E-state index is 11.4. The Morgan fingerprint density at radius 2 is 2.06 bits per heavy atom. The van der Waals surface area contributed by atoms with Crippen molar-refractivity contribution in [3.8, 4) is 0 Å². The molecule has 0 fully saturated rings. The highest BCUT2D eigenvalue weighted by Gasteiger charge is 2.04. The third-order valence-corrected chi connectivity index (χ3v) is 2.61. The fourth-order valence-electron chi connectivity index (χ4n) is 1.12. The van der Waals surface area contributed by atoms with Crippen LogP contribution < -0.4 is 0 Å². The van der Waals surface area contributed by atoms with Crippen molar-refractivity contribution in [1.29, 1.82) is 0 Å². The molecule has 0 aliphatic heterocycles. The summed E-state index contributed by atoms with van der Waals surface area (Å²) < 4.78 is 5.97. The zero-order valence-corrected chi connectivity index (χ0v) is 11.4. The van der Waals surface area contributed by atoms with Crippen LogP contribution in [-0.4, -0.2) is 18.3 Å². The van der Waals surface area contributed by atoms with Crippen LogP contribution in [0.1, 0.15) is 12.5 Å². The molecule has 0 N–H and O–H groups in total. The highest BCUT2D eigenvalue weighted by molar-refractivity contribution is 9.10. The fourth-order valence-corrected chi connectivity index (χ4v) is 1.48. The minimum Gasteiger partial charge on any atom is -0.461 e. The second kappa shape index (κ2) is 6.76. The summed E-state index contributed by atoms with van der Waals surface area (Å²) >= 11 is 7.33. The molecule has 1 aromatic carbocycles. The van der Waals surface area contributed by atoms with E-state index < -0.39 is 0 Å². The van der Waals surface area contributed by atoms with Gasteiger partial charge in [-0.25, -0.2) is 4.79 Å². The molecule has 0 spiro atoms. The van der Waals surface area contributed by atoms with E-state index in [2.05, 4.69) is 28.6 Å². The van der Waals surface area contributed by atoms with Gasteiger partial charge >= 0.3 is 5.97 Å². The zero-order chi connectivity index (χ0) is 12.0. The van der Waals surface area contributed by atoms with Gasteiger partial charge in [-0.05, 0) is 30.7 Å². The van der Waals surface area contributed by atoms with E-state index in [4.69, 9.17) is 4.74 Å². The average Bonchev–Trinajstić information content (AvgIpc) is 2.29. The summed E-state index contributed by atoms with van der Waals surface area (Å²) in [5.41, 5.74) is 1.56. The number of benzene rings is 1. The van der Waals surface area contributed by atoms with Gasteiger partial charge in [-0.15, -0.1) is 0 Å². The number of carbonyl (C=O) groups is 1. The smallest absolute Gasteiger partial charge is 0.333 e. The number of esters is 1. The molecule has 0 amide bonds. The maximum atomic E-state index is 11.4. The van der Waals surface area contributed by atoms with E-state index in [0.29, 0.717) is 17.9 Å². The molecule has 0 saturated carbocycles. The first kappa shape index (κ1) is 13.3. The fraction of sp³-hybridized carbons (Fsp3) is 0.250. The molecule has 1 rings (SSSR count). The highest BCUT2D eigenvalue weighted by Crippen LogP contribution is 2.13. The van der Waals surface area contributed by atoms with Gasteiger partial charge < -0.3 is 4.74 Å². The average molecular weight is 301 g/mol. The number of thiol groups is 1. The standard InChI is InChI=1S/C12H13BrO2S/c1-9(12(14)15-6-7-16)8-10-2-4-11(13)5-3-10/h2-5,8,16H,6-7H2,1H3/b9-8+. The molecule has 86 valence electrons. The van der Waals surface area contributed by atoms with Crippen LogP contribution in [0, 0.1) is 0 Å². The number of rotatable bonds is 4. The molecule has 0 bridgehead atoms. The lowest BCUT2D eigenvalue weighted by Gasteiger charge is -2.02. The van der Waals surface area contributed by atoms with Crippen LogP contribution in [0.4, 0.5) is 0 Å². The van der Waals surface area contributed by atoms with Crippen LogP contribution in [-0.2, 0) is 9.53 Å². The Morgan fingerprint density at radius 3 is 2.62 bits per heavy atom. The Balaban J connectivity index is 2.68. The van der Waals surface area contributed by atoms with Crippen molar-refractivity contribution in [1.82, 2.24) is 0 Å². The second-order valence-corrected chi connectivity index (χ2v) is 4.60. The molecular formula is C12H13BrO2S. The van der Waals surface area contributed by atoms with Crippen LogP contribution in [0.5, 0.6) is 0 Å². The Bertz CT molecular complexity index is 385. The van der Waals surface area contributed by atoms with Crippen LogP contribution in [0.15, 0.2) is 34.3 Å². The molecular weight excluding hydrogens is 288 g/mol. The topological polar surface area (TPSA) is 26.3 Å². The molecule has 0 saturated heterocycles. The number of ether oxygens (including phenoxy) is 1. The largest absolute Gasteiger partial charge is 0.461 e. The second-order valence-electron chi connectivity index (χ2n) is 3.24. The van der Waals surface area contributed by atoms with Crippen LogP contribution >= 0.6 is 28.6 Å². The number of hydrogen-bond acceptors (Lipinski definition) is 3. The summed E-state index contributed by atoms with van der Waals surface area (Å²) in [5, 5.41) is 0. The lowest BCUT2D eigenvalue weighted by molar-refractivity contribution is -0.138. The molecule has 16 heavy (non-hydrogen) atoms. The van der Waals surface area contributed by atoms with Gasteiger partial charge in [0.2, 0.25) is 0 Å². The van der Waals surface area contributed by atoms with Gasteiger partial charge in [0.15, 0.2) is 0 Å². The molecule has 1 aromatic rings. The van der Waals surface area contributed by atoms with E-state index >= 15 is 0 Å². The van der Waals surface area contributed by atoms with E-state index in [-0.39, 0.29) is 5.97 Å². The minimum absolute atomic E-state index is 0.294. The van der Waals surface area contributed by atoms with Crippen molar-refractivity contribution in [2.75, 3.05) is 12.4 Å². The van der Waals surface area contributed by atoms with Crippen LogP contribution in [0.3, 0.4) is 0 Å². The highest BCUT2D eigenvalue weighted by atomic mass is 79.9. The van der Waals surface area contributed by atoms with E-state index in [9.17, 15) is 4.79 Å². The predicted octanol–water partition coefficient (Wildman–Crippen LogP) is 3.33. The first-order chi connectivity index (χ1) is 7.63. The Morgan fingerprint density at radius 1 is 1.44 bits per heavy atom. The van der Waals surface area contributed by atoms with Crippen molar-refractivity contribution in [2.24, 2.45) is 0 Å². The first-order valence-electron chi connectivity index (χ1n) is 4.85. The molecule has 0 radical (unpaired) electrons.